The quantitative estimate of drug-likeness (QED) is 0.121. The standard InChI is InChI=1S/C26H32N2O13/c1-14-22(30)41-18-6-8-27(21(18)15(7-9-29)12-39-23(31)26(3,34)25(14,2)33)24(32)40-13-16-10-19(37-4)20(38-5)11-17(16)28(35)36/h7,9-11,14,18,21,33-34H,6,8,12-13H2,1-5H3/t14-,18?,21?,25+,26-/m0/s1. The highest BCUT2D eigenvalue weighted by Crippen LogP contribution is 2.37. The number of carbonyl (C=O) groups is 4. The first-order chi connectivity index (χ1) is 19.2. The van der Waals surface area contributed by atoms with E-state index in [2.05, 4.69) is 0 Å². The summed E-state index contributed by atoms with van der Waals surface area (Å²) < 4.78 is 26.5. The fourth-order valence-electron chi connectivity index (χ4n) is 4.67. The molecule has 1 aromatic carbocycles. The third kappa shape index (κ3) is 5.95. The largest absolute Gasteiger partial charge is 0.493 e. The number of nitro groups is 1. The van der Waals surface area contributed by atoms with E-state index < -0.39 is 65.4 Å². The highest BCUT2D eigenvalue weighted by Gasteiger charge is 2.56. The fourth-order valence-corrected chi connectivity index (χ4v) is 4.67. The average Bonchev–Trinajstić information content (AvgIpc) is 3.34. The third-order valence-corrected chi connectivity index (χ3v) is 7.59. The van der Waals surface area contributed by atoms with Gasteiger partial charge in [-0.15, -0.1) is 0 Å². The van der Waals surface area contributed by atoms with Gasteiger partial charge < -0.3 is 33.9 Å². The van der Waals surface area contributed by atoms with Gasteiger partial charge in [-0.2, -0.15) is 0 Å². The zero-order valence-electron chi connectivity index (χ0n) is 23.1. The summed E-state index contributed by atoms with van der Waals surface area (Å²) in [5.41, 5.74) is -5.19. The molecule has 5 atom stereocenters. The summed E-state index contributed by atoms with van der Waals surface area (Å²) in [5, 5.41) is 33.3. The number of carbonyl (C=O) groups excluding carboxylic acids is 4. The molecule has 2 aliphatic rings. The van der Waals surface area contributed by atoms with E-state index in [1.165, 1.54) is 27.2 Å². The molecule has 2 heterocycles. The van der Waals surface area contributed by atoms with Gasteiger partial charge in [-0.05, 0) is 38.5 Å². The second-order valence-electron chi connectivity index (χ2n) is 9.95. The van der Waals surface area contributed by atoms with Gasteiger partial charge in [0.2, 0.25) is 0 Å². The molecule has 1 aromatic rings. The van der Waals surface area contributed by atoms with E-state index in [1.54, 1.807) is 0 Å². The number of amides is 1. The highest BCUT2D eigenvalue weighted by molar-refractivity contribution is 5.84. The molecule has 2 unspecified atom stereocenters. The Hall–Kier alpha value is -4.24. The monoisotopic (exact) mass is 580 g/mol. The van der Waals surface area contributed by atoms with Gasteiger partial charge >= 0.3 is 18.0 Å². The summed E-state index contributed by atoms with van der Waals surface area (Å²) in [5.74, 6) is -3.39. The molecule has 1 amide bonds. The predicted octanol–water partition coefficient (Wildman–Crippen LogP) is 1.05. The number of cyclic esters (lactones) is 1. The molecule has 0 spiro atoms. The zero-order valence-corrected chi connectivity index (χ0v) is 23.1. The molecule has 2 fully saturated rings. The molecule has 0 aromatic heterocycles. The molecule has 3 rings (SSSR count). The number of methoxy groups -OCH3 is 2. The van der Waals surface area contributed by atoms with Crippen LogP contribution in [0.4, 0.5) is 10.5 Å². The number of aldehydes is 1. The number of allylic oxidation sites excluding steroid dienone is 1. The molecule has 2 N–H and O–H groups in total. The Balaban J connectivity index is 1.94. The first-order valence-corrected chi connectivity index (χ1v) is 12.5. The minimum atomic E-state index is -2.54. The van der Waals surface area contributed by atoms with E-state index in [1.807, 2.05) is 0 Å². The number of likely N-dealkylation sites (tertiary alicyclic amines) is 1. The van der Waals surface area contributed by atoms with Crippen molar-refractivity contribution in [1.82, 2.24) is 4.90 Å². The van der Waals surface area contributed by atoms with Crippen molar-refractivity contribution >= 4 is 30.0 Å². The van der Waals surface area contributed by atoms with Gasteiger partial charge in [0.15, 0.2) is 17.1 Å². The third-order valence-electron chi connectivity index (χ3n) is 7.59. The second-order valence-corrected chi connectivity index (χ2v) is 9.95. The number of nitro benzene ring substituents is 1. The summed E-state index contributed by atoms with van der Waals surface area (Å²) in [4.78, 5) is 62.6. The Morgan fingerprint density at radius 2 is 1.85 bits per heavy atom. The Morgan fingerprint density at radius 1 is 1.22 bits per heavy atom. The van der Waals surface area contributed by atoms with Crippen LogP contribution in [-0.2, 0) is 35.2 Å². The highest BCUT2D eigenvalue weighted by atomic mass is 16.6. The number of fused-ring (bicyclic) bond motifs is 1. The number of benzene rings is 1. The molecule has 15 heteroatoms. The van der Waals surface area contributed by atoms with Crippen molar-refractivity contribution < 1.29 is 58.0 Å². The Morgan fingerprint density at radius 3 is 2.44 bits per heavy atom. The lowest BCUT2D eigenvalue weighted by Crippen LogP contribution is -2.61. The van der Waals surface area contributed by atoms with Gasteiger partial charge in [-0.3, -0.25) is 24.6 Å². The number of rotatable bonds is 6. The van der Waals surface area contributed by atoms with Gasteiger partial charge in [0.25, 0.3) is 5.69 Å². The van der Waals surface area contributed by atoms with Crippen LogP contribution in [-0.4, -0.2) is 95.1 Å². The molecule has 0 aliphatic carbocycles. The summed E-state index contributed by atoms with van der Waals surface area (Å²) >= 11 is 0. The minimum absolute atomic E-state index is 0.00138. The molecule has 0 radical (unpaired) electrons. The zero-order chi connectivity index (χ0) is 30.7. The average molecular weight is 581 g/mol. The van der Waals surface area contributed by atoms with Crippen molar-refractivity contribution in [1.29, 1.82) is 0 Å². The van der Waals surface area contributed by atoms with Crippen LogP contribution in [0, 0.1) is 16.0 Å². The lowest BCUT2D eigenvalue weighted by Gasteiger charge is -2.39. The van der Waals surface area contributed by atoms with Gasteiger partial charge in [0.1, 0.15) is 31.2 Å². The van der Waals surface area contributed by atoms with E-state index >= 15 is 0 Å². The molecule has 2 aliphatic heterocycles. The van der Waals surface area contributed by atoms with Crippen molar-refractivity contribution in [3.05, 3.63) is 39.5 Å². The van der Waals surface area contributed by atoms with Crippen LogP contribution in [0.1, 0.15) is 32.8 Å². The predicted molar refractivity (Wildman–Crippen MR) is 137 cm³/mol. The molecule has 224 valence electrons. The maximum atomic E-state index is 13.3. The van der Waals surface area contributed by atoms with E-state index in [0.717, 1.165) is 30.9 Å². The SMILES string of the molecule is COc1cc(COC(=O)N2CCC3OC(=O)[C@H](C)[C@@](C)(O)[C@@](C)(O)C(=O)OCC(=CC=O)C32)c([N+](=O)[O-])cc1OC. The molecule has 41 heavy (non-hydrogen) atoms. The van der Waals surface area contributed by atoms with Crippen molar-refractivity contribution in [3.63, 3.8) is 0 Å². The van der Waals surface area contributed by atoms with Crippen LogP contribution in [0.5, 0.6) is 11.5 Å². The number of nitrogens with zero attached hydrogens (tertiary/aromatic N) is 2. The maximum Gasteiger partial charge on any atom is 0.410 e. The molecule has 0 saturated carbocycles. The molecular formula is C26H32N2O13. The van der Waals surface area contributed by atoms with Gasteiger partial charge in [-0.25, -0.2) is 9.59 Å². The number of hydrogen-bond donors (Lipinski definition) is 2. The summed E-state index contributed by atoms with van der Waals surface area (Å²) in [6, 6.07) is 1.29. The van der Waals surface area contributed by atoms with Crippen molar-refractivity contribution in [3.8, 4) is 11.5 Å². The van der Waals surface area contributed by atoms with Crippen LogP contribution >= 0.6 is 0 Å². The summed E-state index contributed by atoms with van der Waals surface area (Å²) in [6.45, 7) is 2.16. The number of esters is 2. The molecule has 0 bridgehead atoms. The first-order valence-electron chi connectivity index (χ1n) is 12.5. The second kappa shape index (κ2) is 12.1. The minimum Gasteiger partial charge on any atom is -0.493 e. The lowest BCUT2D eigenvalue weighted by molar-refractivity contribution is -0.385. The summed E-state index contributed by atoms with van der Waals surface area (Å²) in [7, 11) is 2.64. The van der Waals surface area contributed by atoms with Gasteiger partial charge in [0.05, 0.1) is 42.7 Å². The van der Waals surface area contributed by atoms with Crippen LogP contribution in [0.2, 0.25) is 0 Å². The smallest absolute Gasteiger partial charge is 0.410 e. The first kappa shape index (κ1) is 31.3. The normalized spacial score (nSPS) is 29.5. The lowest BCUT2D eigenvalue weighted by atomic mass is 9.76. The van der Waals surface area contributed by atoms with Crippen molar-refractivity contribution in [2.75, 3.05) is 27.4 Å². The van der Waals surface area contributed by atoms with Crippen molar-refractivity contribution in [2.45, 2.75) is 57.1 Å². The Labute approximate surface area is 234 Å². The van der Waals surface area contributed by atoms with Crippen molar-refractivity contribution in [2.24, 2.45) is 5.92 Å². The van der Waals surface area contributed by atoms with Gasteiger partial charge in [-0.1, -0.05) is 0 Å². The topological polar surface area (TPSA) is 201 Å². The van der Waals surface area contributed by atoms with E-state index in [-0.39, 0.29) is 41.3 Å². The van der Waals surface area contributed by atoms with E-state index in [9.17, 15) is 39.5 Å². The van der Waals surface area contributed by atoms with Crippen LogP contribution < -0.4 is 9.47 Å². The van der Waals surface area contributed by atoms with E-state index in [0.29, 0.717) is 6.29 Å². The fraction of sp³-hybridized carbons (Fsp3) is 0.538. The summed E-state index contributed by atoms with van der Waals surface area (Å²) in [6.07, 6.45) is -0.526. The van der Waals surface area contributed by atoms with Crippen LogP contribution in [0.3, 0.4) is 0 Å². The maximum absolute atomic E-state index is 13.3. The van der Waals surface area contributed by atoms with Crippen LogP contribution in [0.15, 0.2) is 23.8 Å². The number of hydrogen-bond acceptors (Lipinski definition) is 13. The van der Waals surface area contributed by atoms with E-state index in [4.69, 9.17) is 23.7 Å². The van der Waals surface area contributed by atoms with Gasteiger partial charge in [0, 0.05) is 13.0 Å². The molecule has 15 nitrogen and oxygen atoms in total. The van der Waals surface area contributed by atoms with Crippen LogP contribution in [0.25, 0.3) is 0 Å². The Kier molecular flexibility index (Phi) is 9.23. The molecular weight excluding hydrogens is 548 g/mol. The number of aliphatic hydroxyl groups is 2. The molecule has 2 saturated heterocycles. The Bertz CT molecular complexity index is 1260. The number of ether oxygens (including phenoxy) is 5.